The van der Waals surface area contributed by atoms with Crippen LogP contribution in [-0.4, -0.2) is 30.8 Å². The molecule has 0 radical (unpaired) electrons. The van der Waals surface area contributed by atoms with E-state index >= 15 is 0 Å². The fourth-order valence-corrected chi connectivity index (χ4v) is 6.38. The number of nitrogens with one attached hydrogen (secondary N) is 1. The zero-order chi connectivity index (χ0) is 25.2. The van der Waals surface area contributed by atoms with Gasteiger partial charge >= 0.3 is 0 Å². The van der Waals surface area contributed by atoms with E-state index in [2.05, 4.69) is 17.2 Å². The second-order valence-corrected chi connectivity index (χ2v) is 11.4. The molecule has 5 aromatic rings. The van der Waals surface area contributed by atoms with E-state index < -0.39 is 0 Å². The number of para-hydroxylation sites is 1. The lowest BCUT2D eigenvalue weighted by molar-refractivity contribution is -0.113. The first-order valence-electron chi connectivity index (χ1n) is 11.1. The topological polar surface area (TPSA) is 81.8 Å². The zero-order valence-electron chi connectivity index (χ0n) is 19.4. The van der Waals surface area contributed by atoms with Gasteiger partial charge in [0, 0.05) is 17.3 Å². The monoisotopic (exact) mass is 551 g/mol. The Labute approximate surface area is 224 Å². The Bertz CT molecular complexity index is 1670. The number of aromatic nitrogens is 4. The van der Waals surface area contributed by atoms with Crippen LogP contribution >= 0.6 is 46.7 Å². The van der Waals surface area contributed by atoms with Gasteiger partial charge in [0.25, 0.3) is 5.56 Å². The minimum atomic E-state index is -0.224. The van der Waals surface area contributed by atoms with Crippen LogP contribution in [0, 0.1) is 10.9 Å². The van der Waals surface area contributed by atoms with Crippen LogP contribution in [0.3, 0.4) is 0 Å². The molecule has 1 amide bonds. The van der Waals surface area contributed by atoms with Crippen LogP contribution in [0.5, 0.6) is 0 Å². The predicted octanol–water partition coefficient (Wildman–Crippen LogP) is 6.03. The molecule has 0 bridgehead atoms. The Morgan fingerprint density at radius 1 is 1.14 bits per heavy atom. The number of aryl methyl sites for hydroxylation is 2. The number of carbonyl (C=O) groups excluding carboxylic acids is 1. The van der Waals surface area contributed by atoms with Gasteiger partial charge in [-0.2, -0.15) is 0 Å². The van der Waals surface area contributed by atoms with Gasteiger partial charge in [0.15, 0.2) is 19.9 Å². The molecular formula is C25H21N5O2S4. The maximum Gasteiger partial charge on any atom is 0.278 e. The maximum atomic E-state index is 13.9. The molecule has 0 fully saturated rings. The molecule has 0 spiro atoms. The van der Waals surface area contributed by atoms with Gasteiger partial charge in [0.1, 0.15) is 4.70 Å². The van der Waals surface area contributed by atoms with E-state index in [1.165, 1.54) is 40.0 Å². The molecule has 7 nitrogen and oxygen atoms in total. The summed E-state index contributed by atoms with van der Waals surface area (Å²) in [5.74, 6) is -0.155. The summed E-state index contributed by atoms with van der Waals surface area (Å²) < 4.78 is 4.42. The number of nitrogens with zero attached hydrogens (tertiary/aromatic N) is 4. The van der Waals surface area contributed by atoms with Crippen molar-refractivity contribution in [1.29, 1.82) is 0 Å². The Kier molecular flexibility index (Phi) is 7.15. The fraction of sp³-hybridized carbons (Fsp3) is 0.160. The van der Waals surface area contributed by atoms with E-state index in [4.69, 9.17) is 17.2 Å². The summed E-state index contributed by atoms with van der Waals surface area (Å²) in [5.41, 5.74) is 3.98. The highest BCUT2D eigenvalue weighted by Crippen LogP contribution is 2.28. The first-order valence-corrected chi connectivity index (χ1v) is 14.2. The van der Waals surface area contributed by atoms with Crippen LogP contribution in [-0.2, 0) is 11.2 Å². The second-order valence-electron chi connectivity index (χ2n) is 7.87. The summed E-state index contributed by atoms with van der Waals surface area (Å²) in [6.45, 7) is 4.04. The summed E-state index contributed by atoms with van der Waals surface area (Å²) in [5, 5.41) is 5.52. The molecule has 5 rings (SSSR count). The number of anilines is 1. The van der Waals surface area contributed by atoms with Crippen molar-refractivity contribution in [2.45, 2.75) is 25.4 Å². The largest absolute Gasteiger partial charge is 0.301 e. The van der Waals surface area contributed by atoms with Crippen LogP contribution in [0.25, 0.3) is 21.7 Å². The number of rotatable bonds is 7. The molecule has 0 unspecified atom stereocenters. The van der Waals surface area contributed by atoms with Crippen LogP contribution in [0.1, 0.15) is 18.1 Å². The molecule has 3 aromatic heterocycles. The fourth-order valence-electron chi connectivity index (χ4n) is 3.74. The number of carbonyl (C=O) groups is 1. The second kappa shape index (κ2) is 10.5. The molecule has 0 aliphatic heterocycles. The number of hydrogen-bond acceptors (Lipinski definition) is 8. The van der Waals surface area contributed by atoms with Gasteiger partial charge in [-0.25, -0.2) is 9.97 Å². The van der Waals surface area contributed by atoms with E-state index in [1.54, 1.807) is 16.1 Å². The average Bonchev–Trinajstić information content (AvgIpc) is 3.51. The maximum absolute atomic E-state index is 13.9. The predicted molar refractivity (Wildman–Crippen MR) is 151 cm³/mol. The first-order chi connectivity index (χ1) is 17.5. The van der Waals surface area contributed by atoms with Crippen molar-refractivity contribution in [3.63, 3.8) is 0 Å². The third-order valence-corrected chi connectivity index (χ3v) is 8.53. The van der Waals surface area contributed by atoms with E-state index in [0.717, 1.165) is 23.4 Å². The molecule has 0 saturated heterocycles. The van der Waals surface area contributed by atoms with Crippen molar-refractivity contribution in [3.8, 4) is 11.4 Å². The number of thiazole rings is 2. The molecule has 0 saturated carbocycles. The van der Waals surface area contributed by atoms with Crippen LogP contribution < -0.4 is 10.9 Å². The average molecular weight is 552 g/mol. The molecule has 1 N–H and O–H groups in total. The molecule has 36 heavy (non-hydrogen) atoms. The number of fused-ring (bicyclic) bond motifs is 1. The SMILES string of the molecule is CCc1ccc(-n2c(=S)sc3c(=O)n(-c4ccccc4C)c(SCC(=O)Nc4nccs4)nc32)cc1. The highest BCUT2D eigenvalue weighted by molar-refractivity contribution is 7.99. The van der Waals surface area contributed by atoms with Crippen molar-refractivity contribution in [2.75, 3.05) is 11.1 Å². The first kappa shape index (κ1) is 24.6. The summed E-state index contributed by atoms with van der Waals surface area (Å²) in [6, 6.07) is 15.7. The van der Waals surface area contributed by atoms with Gasteiger partial charge in [-0.15, -0.1) is 11.3 Å². The number of thioether (sulfide) groups is 1. The van der Waals surface area contributed by atoms with E-state index in [9.17, 15) is 9.59 Å². The minimum absolute atomic E-state index is 0.0689. The summed E-state index contributed by atoms with van der Waals surface area (Å²) in [6.07, 6.45) is 2.56. The third kappa shape index (κ3) is 4.79. The Morgan fingerprint density at radius 3 is 2.61 bits per heavy atom. The lowest BCUT2D eigenvalue weighted by Gasteiger charge is -2.14. The Morgan fingerprint density at radius 2 is 1.92 bits per heavy atom. The van der Waals surface area contributed by atoms with E-state index in [1.807, 2.05) is 60.0 Å². The van der Waals surface area contributed by atoms with Crippen molar-refractivity contribution >= 4 is 68.0 Å². The van der Waals surface area contributed by atoms with Crippen molar-refractivity contribution < 1.29 is 4.79 Å². The molecule has 182 valence electrons. The standard InChI is InChI=1S/C25H21N5O2S4/c1-3-16-8-10-17(11-9-16)29-21-20(36-25(29)33)22(32)30(18-7-5-4-6-15(18)2)24(28-21)35-14-19(31)27-23-26-12-13-34-23/h4-13H,3,14H2,1-2H3,(H,26,27,31). The molecule has 3 heterocycles. The normalized spacial score (nSPS) is 11.2. The third-order valence-electron chi connectivity index (χ3n) is 5.55. The van der Waals surface area contributed by atoms with Gasteiger partial charge < -0.3 is 5.32 Å². The highest BCUT2D eigenvalue weighted by Gasteiger charge is 2.20. The van der Waals surface area contributed by atoms with Gasteiger partial charge in [-0.1, -0.05) is 60.4 Å². The number of amides is 1. The number of hydrogen-bond donors (Lipinski definition) is 1. The lowest BCUT2D eigenvalue weighted by atomic mass is 10.1. The van der Waals surface area contributed by atoms with Crippen molar-refractivity contribution in [2.24, 2.45) is 0 Å². The van der Waals surface area contributed by atoms with Crippen LogP contribution in [0.15, 0.2) is 70.1 Å². The minimum Gasteiger partial charge on any atom is -0.301 e. The molecule has 2 aromatic carbocycles. The summed E-state index contributed by atoms with van der Waals surface area (Å²) in [4.78, 5) is 35.4. The Hall–Kier alpha value is -3.12. The smallest absolute Gasteiger partial charge is 0.278 e. The lowest BCUT2D eigenvalue weighted by Crippen LogP contribution is -2.23. The van der Waals surface area contributed by atoms with Crippen molar-refractivity contribution in [1.82, 2.24) is 19.1 Å². The van der Waals surface area contributed by atoms with Gasteiger partial charge in [-0.3, -0.25) is 18.7 Å². The molecular weight excluding hydrogens is 531 g/mol. The highest BCUT2D eigenvalue weighted by atomic mass is 32.2. The van der Waals surface area contributed by atoms with Gasteiger partial charge in [0.05, 0.1) is 11.4 Å². The van der Waals surface area contributed by atoms with Gasteiger partial charge in [0.2, 0.25) is 5.91 Å². The van der Waals surface area contributed by atoms with Crippen LogP contribution in [0.4, 0.5) is 5.13 Å². The molecule has 11 heteroatoms. The van der Waals surface area contributed by atoms with Crippen molar-refractivity contribution in [3.05, 3.63) is 85.5 Å². The quantitative estimate of drug-likeness (QED) is 0.151. The van der Waals surface area contributed by atoms with Gasteiger partial charge in [-0.05, 0) is 54.9 Å². The van der Waals surface area contributed by atoms with E-state index in [-0.39, 0.29) is 17.2 Å². The Balaban J connectivity index is 1.64. The number of benzene rings is 2. The molecule has 0 atom stereocenters. The summed E-state index contributed by atoms with van der Waals surface area (Å²) in [7, 11) is 0. The molecule has 0 aliphatic rings. The van der Waals surface area contributed by atoms with Crippen LogP contribution in [0.2, 0.25) is 0 Å². The zero-order valence-corrected chi connectivity index (χ0v) is 22.7. The molecule has 0 aliphatic carbocycles. The van der Waals surface area contributed by atoms with E-state index in [0.29, 0.717) is 24.6 Å². The summed E-state index contributed by atoms with van der Waals surface area (Å²) >= 11 is 9.47.